The summed E-state index contributed by atoms with van der Waals surface area (Å²) in [6.45, 7) is 7.08. The number of carboxylic acids is 1. The maximum atomic E-state index is 11.8. The number of carboxylic acid groups (broad SMARTS) is 1. The van der Waals surface area contributed by atoms with Crippen molar-refractivity contribution in [1.29, 1.82) is 0 Å². The topological polar surface area (TPSA) is 113 Å². The van der Waals surface area contributed by atoms with Crippen LogP contribution in [0.4, 0.5) is 0 Å². The fourth-order valence-corrected chi connectivity index (χ4v) is 1.85. The molecular formula is C14H25NO6. The van der Waals surface area contributed by atoms with Crippen LogP contribution in [-0.4, -0.2) is 46.8 Å². The van der Waals surface area contributed by atoms with Gasteiger partial charge in [0.15, 0.2) is 0 Å². The van der Waals surface area contributed by atoms with Gasteiger partial charge in [0.25, 0.3) is 0 Å². The third-order valence-corrected chi connectivity index (χ3v) is 2.92. The van der Waals surface area contributed by atoms with Crippen LogP contribution < -0.4 is 5.32 Å². The Morgan fingerprint density at radius 2 is 1.76 bits per heavy atom. The average molecular weight is 303 g/mol. The number of aliphatic carboxylic acids is 1. The zero-order valence-corrected chi connectivity index (χ0v) is 13.0. The van der Waals surface area contributed by atoms with Crippen LogP contribution in [0.15, 0.2) is 0 Å². The van der Waals surface area contributed by atoms with Gasteiger partial charge in [-0.05, 0) is 25.2 Å². The molecule has 0 heterocycles. The molecule has 3 N–H and O–H groups in total. The van der Waals surface area contributed by atoms with Crippen LogP contribution in [0.3, 0.4) is 0 Å². The number of carbonyl (C=O) groups is 3. The minimum absolute atomic E-state index is 0.103. The first-order valence-corrected chi connectivity index (χ1v) is 7.05. The van der Waals surface area contributed by atoms with Crippen LogP contribution in [0.25, 0.3) is 0 Å². The number of aliphatic hydroxyl groups excluding tert-OH is 1. The molecule has 0 aliphatic rings. The molecule has 0 spiro atoms. The highest BCUT2D eigenvalue weighted by Gasteiger charge is 2.30. The van der Waals surface area contributed by atoms with E-state index in [1.54, 1.807) is 6.92 Å². The highest BCUT2D eigenvalue weighted by Crippen LogP contribution is 2.12. The number of esters is 1. The van der Waals surface area contributed by atoms with E-state index in [0.717, 1.165) is 0 Å². The van der Waals surface area contributed by atoms with Crippen molar-refractivity contribution in [3.8, 4) is 0 Å². The molecule has 21 heavy (non-hydrogen) atoms. The van der Waals surface area contributed by atoms with E-state index in [4.69, 9.17) is 9.84 Å². The second-order valence-electron chi connectivity index (χ2n) is 5.46. The molecule has 7 heteroatoms. The number of rotatable bonds is 9. The van der Waals surface area contributed by atoms with Crippen LogP contribution >= 0.6 is 0 Å². The first-order valence-electron chi connectivity index (χ1n) is 7.05. The second kappa shape index (κ2) is 9.33. The van der Waals surface area contributed by atoms with Crippen molar-refractivity contribution in [3.05, 3.63) is 0 Å². The number of aliphatic hydroxyl groups is 1. The fraction of sp³-hybridized carbons (Fsp3) is 0.786. The van der Waals surface area contributed by atoms with Gasteiger partial charge in [-0.1, -0.05) is 20.8 Å². The molecule has 7 nitrogen and oxygen atoms in total. The van der Waals surface area contributed by atoms with E-state index in [1.165, 1.54) is 6.92 Å². The van der Waals surface area contributed by atoms with E-state index < -0.39 is 35.9 Å². The SMILES string of the molecule is CCOC(=O)C[C@H](C)[C@H](NC(=O)[C@H](O)CC(C)C)C(=O)O. The van der Waals surface area contributed by atoms with E-state index in [2.05, 4.69) is 5.32 Å². The largest absolute Gasteiger partial charge is 0.480 e. The monoisotopic (exact) mass is 303 g/mol. The standard InChI is InChI=1S/C14H25NO6/c1-5-21-11(17)7-9(4)12(14(19)20)15-13(18)10(16)6-8(2)3/h8-10,12,16H,5-7H2,1-4H3,(H,15,18)(H,19,20)/t9-,10+,12-/m0/s1. The number of ether oxygens (including phenoxy) is 1. The van der Waals surface area contributed by atoms with Gasteiger partial charge in [0, 0.05) is 0 Å². The Hall–Kier alpha value is -1.63. The summed E-state index contributed by atoms with van der Waals surface area (Å²) in [5.41, 5.74) is 0. The molecule has 0 unspecified atom stereocenters. The third kappa shape index (κ3) is 7.65. The summed E-state index contributed by atoms with van der Waals surface area (Å²) < 4.78 is 4.75. The highest BCUT2D eigenvalue weighted by molar-refractivity contribution is 5.86. The Morgan fingerprint density at radius 1 is 1.19 bits per heavy atom. The summed E-state index contributed by atoms with van der Waals surface area (Å²) in [6.07, 6.45) is -1.14. The number of nitrogens with one attached hydrogen (secondary N) is 1. The van der Waals surface area contributed by atoms with Crippen molar-refractivity contribution in [2.24, 2.45) is 11.8 Å². The van der Waals surface area contributed by atoms with Gasteiger partial charge in [-0.3, -0.25) is 9.59 Å². The maximum absolute atomic E-state index is 11.8. The fourth-order valence-electron chi connectivity index (χ4n) is 1.85. The highest BCUT2D eigenvalue weighted by atomic mass is 16.5. The molecule has 0 aromatic rings. The lowest BCUT2D eigenvalue weighted by Gasteiger charge is -2.22. The van der Waals surface area contributed by atoms with Gasteiger partial charge in [-0.15, -0.1) is 0 Å². The molecule has 0 aliphatic heterocycles. The lowest BCUT2D eigenvalue weighted by atomic mass is 9.97. The second-order valence-corrected chi connectivity index (χ2v) is 5.46. The Labute approximate surface area is 124 Å². The van der Waals surface area contributed by atoms with Gasteiger partial charge in [0.2, 0.25) is 5.91 Å². The molecule has 0 aromatic carbocycles. The Kier molecular flexibility index (Phi) is 8.61. The minimum Gasteiger partial charge on any atom is -0.480 e. The molecule has 0 aromatic heterocycles. The van der Waals surface area contributed by atoms with Crippen LogP contribution in [0, 0.1) is 11.8 Å². The van der Waals surface area contributed by atoms with Crippen LogP contribution in [0.1, 0.15) is 40.5 Å². The summed E-state index contributed by atoms with van der Waals surface area (Å²) in [5.74, 6) is -3.06. The number of amides is 1. The number of hydrogen-bond donors (Lipinski definition) is 3. The third-order valence-electron chi connectivity index (χ3n) is 2.92. The summed E-state index contributed by atoms with van der Waals surface area (Å²) in [7, 11) is 0. The van der Waals surface area contributed by atoms with Gasteiger partial charge >= 0.3 is 11.9 Å². The maximum Gasteiger partial charge on any atom is 0.326 e. The van der Waals surface area contributed by atoms with E-state index in [0.29, 0.717) is 0 Å². The average Bonchev–Trinajstić information content (AvgIpc) is 2.34. The molecular weight excluding hydrogens is 278 g/mol. The summed E-state index contributed by atoms with van der Waals surface area (Å²) in [6, 6.07) is -1.25. The Morgan fingerprint density at radius 3 is 2.19 bits per heavy atom. The van der Waals surface area contributed by atoms with E-state index >= 15 is 0 Å². The normalized spacial score (nSPS) is 15.1. The minimum atomic E-state index is -1.26. The predicted octanol–water partition coefficient (Wildman–Crippen LogP) is 0.552. The zero-order chi connectivity index (χ0) is 16.6. The van der Waals surface area contributed by atoms with Crippen molar-refractivity contribution in [2.75, 3.05) is 6.61 Å². The number of carbonyl (C=O) groups excluding carboxylic acids is 2. The van der Waals surface area contributed by atoms with Crippen LogP contribution in [-0.2, 0) is 19.1 Å². The predicted molar refractivity (Wildman–Crippen MR) is 75.4 cm³/mol. The van der Waals surface area contributed by atoms with Gasteiger partial charge in [-0.25, -0.2) is 4.79 Å². The summed E-state index contributed by atoms with van der Waals surface area (Å²) >= 11 is 0. The summed E-state index contributed by atoms with van der Waals surface area (Å²) in [4.78, 5) is 34.3. The van der Waals surface area contributed by atoms with Crippen molar-refractivity contribution >= 4 is 17.8 Å². The molecule has 0 saturated carbocycles. The first-order chi connectivity index (χ1) is 9.68. The van der Waals surface area contributed by atoms with Gasteiger partial charge in [0.05, 0.1) is 13.0 Å². The van der Waals surface area contributed by atoms with Crippen molar-refractivity contribution in [2.45, 2.75) is 52.7 Å². The molecule has 0 radical (unpaired) electrons. The van der Waals surface area contributed by atoms with Gasteiger partial charge in [-0.2, -0.15) is 0 Å². The Bertz CT molecular complexity index is 368. The molecule has 122 valence electrons. The van der Waals surface area contributed by atoms with Crippen molar-refractivity contribution in [1.82, 2.24) is 5.32 Å². The van der Waals surface area contributed by atoms with E-state index in [-0.39, 0.29) is 25.4 Å². The summed E-state index contributed by atoms with van der Waals surface area (Å²) in [5, 5.41) is 21.1. The smallest absolute Gasteiger partial charge is 0.326 e. The first kappa shape index (κ1) is 19.4. The van der Waals surface area contributed by atoms with Crippen LogP contribution in [0.5, 0.6) is 0 Å². The zero-order valence-electron chi connectivity index (χ0n) is 13.0. The van der Waals surface area contributed by atoms with E-state index in [9.17, 15) is 19.5 Å². The molecule has 0 bridgehead atoms. The van der Waals surface area contributed by atoms with E-state index in [1.807, 2.05) is 13.8 Å². The molecule has 0 aliphatic carbocycles. The molecule has 3 atom stereocenters. The van der Waals surface area contributed by atoms with Crippen molar-refractivity contribution < 1.29 is 29.3 Å². The molecule has 0 saturated heterocycles. The van der Waals surface area contributed by atoms with Crippen molar-refractivity contribution in [3.63, 3.8) is 0 Å². The molecule has 0 fully saturated rings. The van der Waals surface area contributed by atoms with Crippen LogP contribution in [0.2, 0.25) is 0 Å². The molecule has 0 rings (SSSR count). The Balaban J connectivity index is 4.65. The van der Waals surface area contributed by atoms with Gasteiger partial charge in [0.1, 0.15) is 12.1 Å². The number of hydrogen-bond acceptors (Lipinski definition) is 5. The van der Waals surface area contributed by atoms with Gasteiger partial charge < -0.3 is 20.3 Å². The lowest BCUT2D eigenvalue weighted by molar-refractivity contribution is -0.148. The molecule has 1 amide bonds. The quantitative estimate of drug-likeness (QED) is 0.536. The lowest BCUT2D eigenvalue weighted by Crippen LogP contribution is -2.49.